The van der Waals surface area contributed by atoms with Crippen LogP contribution >= 0.6 is 0 Å². The molecule has 2 heterocycles. The lowest BCUT2D eigenvalue weighted by molar-refractivity contribution is 0.0209. The van der Waals surface area contributed by atoms with E-state index in [0.717, 1.165) is 37.0 Å². The number of nitrogens with zero attached hydrogens (tertiary/aromatic N) is 2. The summed E-state index contributed by atoms with van der Waals surface area (Å²) in [4.78, 5) is 9.34. The highest BCUT2D eigenvalue weighted by atomic mass is 16.5. The minimum Gasteiger partial charge on any atom is -0.377 e. The lowest BCUT2D eigenvalue weighted by atomic mass is 9.91. The van der Waals surface area contributed by atoms with Gasteiger partial charge in [0.1, 0.15) is 11.6 Å². The second-order valence-electron chi connectivity index (χ2n) is 6.78. The summed E-state index contributed by atoms with van der Waals surface area (Å²) in [5.74, 6) is 2.43. The van der Waals surface area contributed by atoms with Crippen LogP contribution in [0.1, 0.15) is 46.1 Å². The Morgan fingerprint density at radius 1 is 1.32 bits per heavy atom. The molecule has 0 radical (unpaired) electrons. The Hall–Kier alpha value is -1.16. The van der Waals surface area contributed by atoms with E-state index in [2.05, 4.69) is 51.0 Å². The zero-order valence-electron chi connectivity index (χ0n) is 12.7. The predicted molar refractivity (Wildman–Crippen MR) is 77.5 cm³/mol. The van der Waals surface area contributed by atoms with E-state index in [1.165, 1.54) is 0 Å². The quantitative estimate of drug-likeness (QED) is 0.907. The summed E-state index contributed by atoms with van der Waals surface area (Å²) in [6.07, 6.45) is 0.916. The summed E-state index contributed by atoms with van der Waals surface area (Å²) >= 11 is 0. The van der Waals surface area contributed by atoms with Crippen molar-refractivity contribution in [3.8, 4) is 0 Å². The third-order valence-electron chi connectivity index (χ3n) is 3.12. The molecule has 0 saturated carbocycles. The van der Waals surface area contributed by atoms with E-state index in [1.54, 1.807) is 0 Å². The Kier molecular flexibility index (Phi) is 4.09. The molecular formula is C15H25N3O. The summed E-state index contributed by atoms with van der Waals surface area (Å²) in [6.45, 7) is 12.5. The number of hydrogen-bond acceptors (Lipinski definition) is 4. The van der Waals surface area contributed by atoms with Crippen LogP contribution in [0.2, 0.25) is 0 Å². The van der Waals surface area contributed by atoms with Gasteiger partial charge < -0.3 is 10.1 Å². The van der Waals surface area contributed by atoms with Crippen molar-refractivity contribution in [3.63, 3.8) is 0 Å². The van der Waals surface area contributed by atoms with E-state index in [-0.39, 0.29) is 5.41 Å². The van der Waals surface area contributed by atoms with Gasteiger partial charge in [0.2, 0.25) is 0 Å². The SMILES string of the molecule is CC(C)Cc1nc(NC2COC2)cc(C(C)(C)C)n1. The van der Waals surface area contributed by atoms with Crippen LogP contribution < -0.4 is 5.32 Å². The molecule has 0 unspecified atom stereocenters. The molecule has 0 bridgehead atoms. The van der Waals surface area contributed by atoms with Crippen molar-refractivity contribution in [2.24, 2.45) is 5.92 Å². The first-order valence-corrected chi connectivity index (χ1v) is 7.07. The third-order valence-corrected chi connectivity index (χ3v) is 3.12. The van der Waals surface area contributed by atoms with Gasteiger partial charge in [-0.3, -0.25) is 0 Å². The topological polar surface area (TPSA) is 47.0 Å². The smallest absolute Gasteiger partial charge is 0.131 e. The zero-order valence-corrected chi connectivity index (χ0v) is 12.7. The zero-order chi connectivity index (χ0) is 14.0. The Bertz CT molecular complexity index is 434. The van der Waals surface area contributed by atoms with E-state index in [0.29, 0.717) is 12.0 Å². The number of rotatable bonds is 4. The fourth-order valence-corrected chi connectivity index (χ4v) is 1.94. The van der Waals surface area contributed by atoms with Gasteiger partial charge in [-0.05, 0) is 5.92 Å². The highest BCUT2D eigenvalue weighted by Crippen LogP contribution is 2.23. The number of hydrogen-bond donors (Lipinski definition) is 1. The first-order chi connectivity index (χ1) is 8.84. The van der Waals surface area contributed by atoms with Crippen LogP contribution in [-0.2, 0) is 16.6 Å². The van der Waals surface area contributed by atoms with Crippen molar-refractivity contribution in [1.82, 2.24) is 9.97 Å². The van der Waals surface area contributed by atoms with Gasteiger partial charge in [0.05, 0.1) is 24.9 Å². The maximum atomic E-state index is 5.19. The minimum absolute atomic E-state index is 0.0429. The van der Waals surface area contributed by atoms with Crippen LogP contribution in [-0.4, -0.2) is 29.2 Å². The van der Waals surface area contributed by atoms with Crippen molar-refractivity contribution in [3.05, 3.63) is 17.6 Å². The molecule has 1 aliphatic heterocycles. The molecule has 0 aromatic carbocycles. The molecule has 0 spiro atoms. The molecule has 0 aliphatic carbocycles. The van der Waals surface area contributed by atoms with Gasteiger partial charge in [-0.1, -0.05) is 34.6 Å². The van der Waals surface area contributed by atoms with Crippen LogP contribution in [0.4, 0.5) is 5.82 Å². The van der Waals surface area contributed by atoms with Gasteiger partial charge in [-0.25, -0.2) is 9.97 Å². The first-order valence-electron chi connectivity index (χ1n) is 7.07. The molecule has 2 rings (SSSR count). The van der Waals surface area contributed by atoms with Crippen LogP contribution in [0.15, 0.2) is 6.07 Å². The lowest BCUT2D eigenvalue weighted by Gasteiger charge is -2.28. The molecule has 1 aromatic rings. The molecule has 1 N–H and O–H groups in total. The van der Waals surface area contributed by atoms with Gasteiger partial charge in [-0.2, -0.15) is 0 Å². The number of ether oxygens (including phenoxy) is 1. The number of aromatic nitrogens is 2. The van der Waals surface area contributed by atoms with E-state index in [4.69, 9.17) is 9.72 Å². The highest BCUT2D eigenvalue weighted by molar-refractivity contribution is 5.39. The van der Waals surface area contributed by atoms with Crippen molar-refractivity contribution < 1.29 is 4.74 Å². The van der Waals surface area contributed by atoms with Crippen LogP contribution in [0, 0.1) is 5.92 Å². The molecule has 1 fully saturated rings. The second-order valence-corrected chi connectivity index (χ2v) is 6.78. The molecule has 106 valence electrons. The molecule has 1 aliphatic rings. The molecule has 1 aromatic heterocycles. The van der Waals surface area contributed by atoms with Crippen molar-refractivity contribution >= 4 is 5.82 Å². The lowest BCUT2D eigenvalue weighted by Crippen LogP contribution is -2.40. The first kappa shape index (κ1) is 14.3. The normalized spacial score (nSPS) is 16.5. The van der Waals surface area contributed by atoms with E-state index in [1.807, 2.05) is 0 Å². The van der Waals surface area contributed by atoms with Crippen LogP contribution in [0.5, 0.6) is 0 Å². The van der Waals surface area contributed by atoms with Gasteiger partial charge in [0, 0.05) is 17.9 Å². The maximum Gasteiger partial charge on any atom is 0.131 e. The summed E-state index contributed by atoms with van der Waals surface area (Å²) in [7, 11) is 0. The average molecular weight is 263 g/mol. The van der Waals surface area contributed by atoms with Crippen LogP contribution in [0.25, 0.3) is 0 Å². The van der Waals surface area contributed by atoms with Gasteiger partial charge >= 0.3 is 0 Å². The fraction of sp³-hybridized carbons (Fsp3) is 0.733. The Morgan fingerprint density at radius 3 is 2.47 bits per heavy atom. The monoisotopic (exact) mass is 263 g/mol. The molecule has 4 nitrogen and oxygen atoms in total. The standard InChI is InChI=1S/C15H25N3O/c1-10(2)6-13-17-12(15(3,4)5)7-14(18-13)16-11-8-19-9-11/h7,10-11H,6,8-9H2,1-5H3,(H,16,17,18). The van der Waals surface area contributed by atoms with Gasteiger partial charge in [0.15, 0.2) is 0 Å². The average Bonchev–Trinajstić information content (AvgIpc) is 2.21. The van der Waals surface area contributed by atoms with E-state index >= 15 is 0 Å². The second kappa shape index (κ2) is 5.45. The summed E-state index contributed by atoms with van der Waals surface area (Å²) in [5.41, 5.74) is 1.14. The van der Waals surface area contributed by atoms with Crippen molar-refractivity contribution in [2.75, 3.05) is 18.5 Å². The predicted octanol–water partition coefficient (Wildman–Crippen LogP) is 2.78. The molecule has 0 atom stereocenters. The van der Waals surface area contributed by atoms with Crippen molar-refractivity contribution in [2.45, 2.75) is 52.5 Å². The summed E-state index contributed by atoms with van der Waals surface area (Å²) < 4.78 is 5.19. The van der Waals surface area contributed by atoms with Gasteiger partial charge in [0.25, 0.3) is 0 Å². The number of nitrogens with one attached hydrogen (secondary N) is 1. The summed E-state index contributed by atoms with van der Waals surface area (Å²) in [6, 6.07) is 2.47. The molecule has 1 saturated heterocycles. The molecule has 19 heavy (non-hydrogen) atoms. The Labute approximate surface area is 116 Å². The Morgan fingerprint density at radius 2 is 2.00 bits per heavy atom. The highest BCUT2D eigenvalue weighted by Gasteiger charge is 2.22. The van der Waals surface area contributed by atoms with Crippen molar-refractivity contribution in [1.29, 1.82) is 0 Å². The van der Waals surface area contributed by atoms with E-state index < -0.39 is 0 Å². The Balaban J connectivity index is 2.24. The van der Waals surface area contributed by atoms with Gasteiger partial charge in [-0.15, -0.1) is 0 Å². The summed E-state index contributed by atoms with van der Waals surface area (Å²) in [5, 5.41) is 3.43. The molecular weight excluding hydrogens is 238 g/mol. The van der Waals surface area contributed by atoms with E-state index in [9.17, 15) is 0 Å². The maximum absolute atomic E-state index is 5.19. The number of anilines is 1. The largest absolute Gasteiger partial charge is 0.377 e. The fourth-order valence-electron chi connectivity index (χ4n) is 1.94. The third kappa shape index (κ3) is 3.90. The van der Waals surface area contributed by atoms with Crippen LogP contribution in [0.3, 0.4) is 0 Å². The minimum atomic E-state index is 0.0429. The molecule has 4 heteroatoms. The molecule has 0 amide bonds.